The SMILES string of the molecule is C.C.C=C1C=CC(C(C)(C)CC)CC1.C=CC=C(C)C. The molecule has 118 valence electrons. The molecule has 0 nitrogen and oxygen atoms in total. The maximum atomic E-state index is 3.97. The Bertz CT molecular complexity index is 322. The molecule has 1 rings (SSSR count). The van der Waals surface area contributed by atoms with Gasteiger partial charge in [0.25, 0.3) is 0 Å². The van der Waals surface area contributed by atoms with Crippen LogP contribution in [-0.2, 0) is 0 Å². The minimum absolute atomic E-state index is 0. The molecule has 20 heavy (non-hydrogen) atoms. The first-order valence-corrected chi connectivity index (χ1v) is 6.95. The first-order chi connectivity index (χ1) is 8.33. The van der Waals surface area contributed by atoms with Crippen molar-refractivity contribution in [3.05, 3.63) is 48.6 Å². The van der Waals surface area contributed by atoms with Gasteiger partial charge in [0, 0.05) is 0 Å². The lowest BCUT2D eigenvalue weighted by Crippen LogP contribution is -2.23. The summed E-state index contributed by atoms with van der Waals surface area (Å²) in [5.41, 5.74) is 3.06. The zero-order valence-electron chi connectivity index (χ0n) is 12.9. The smallest absolute Gasteiger partial charge is 0.0176 e. The molecule has 0 fully saturated rings. The molecule has 0 radical (unpaired) electrons. The Hall–Kier alpha value is -1.04. The quantitative estimate of drug-likeness (QED) is 0.473. The van der Waals surface area contributed by atoms with Crippen LogP contribution in [0, 0.1) is 11.3 Å². The molecule has 0 saturated heterocycles. The first kappa shape index (κ1) is 24.0. The van der Waals surface area contributed by atoms with Gasteiger partial charge in [-0.25, -0.2) is 0 Å². The normalized spacial score (nSPS) is 16.9. The van der Waals surface area contributed by atoms with Gasteiger partial charge >= 0.3 is 0 Å². The standard InChI is InChI=1S/C12H20.C6H10.2CH4/c1-5-12(3,4)11-8-6-10(2)7-9-11;1-4-5-6(2)3;;/h6,8,11H,2,5,7,9H2,1,3-4H3;4-5H,1H2,2-3H3;2*1H4. The average Bonchev–Trinajstić information content (AvgIpc) is 2.30. The monoisotopic (exact) mass is 278 g/mol. The molecule has 0 aromatic carbocycles. The molecule has 1 aliphatic rings. The van der Waals surface area contributed by atoms with Crippen molar-refractivity contribution >= 4 is 0 Å². The van der Waals surface area contributed by atoms with Gasteiger partial charge in [-0.3, -0.25) is 0 Å². The Morgan fingerprint density at radius 1 is 1.35 bits per heavy atom. The second kappa shape index (κ2) is 11.8. The van der Waals surface area contributed by atoms with Crippen LogP contribution in [0.15, 0.2) is 48.6 Å². The highest BCUT2D eigenvalue weighted by molar-refractivity contribution is 5.20. The largest absolute Gasteiger partial charge is 0.0991 e. The third-order valence-corrected chi connectivity index (χ3v) is 3.71. The van der Waals surface area contributed by atoms with E-state index in [1.807, 2.05) is 19.9 Å². The van der Waals surface area contributed by atoms with E-state index in [9.17, 15) is 0 Å². The number of hydrogen-bond acceptors (Lipinski definition) is 0. The Balaban J connectivity index is -0.000000316. The molecule has 0 saturated carbocycles. The van der Waals surface area contributed by atoms with Gasteiger partial charge in [0.15, 0.2) is 0 Å². The van der Waals surface area contributed by atoms with Gasteiger partial charge in [-0.05, 0) is 38.0 Å². The highest BCUT2D eigenvalue weighted by atomic mass is 14.3. The van der Waals surface area contributed by atoms with Gasteiger partial charge in [0.2, 0.25) is 0 Å². The van der Waals surface area contributed by atoms with Crippen LogP contribution in [0.1, 0.15) is 68.7 Å². The fraction of sp³-hybridized carbons (Fsp3) is 0.600. The molecule has 0 heterocycles. The molecule has 0 N–H and O–H groups in total. The lowest BCUT2D eigenvalue weighted by molar-refractivity contribution is 0.234. The second-order valence-electron chi connectivity index (χ2n) is 5.98. The Labute approximate surface area is 129 Å². The van der Waals surface area contributed by atoms with Crippen molar-refractivity contribution in [2.75, 3.05) is 0 Å². The number of hydrogen-bond donors (Lipinski definition) is 0. The molecule has 1 atom stereocenters. The maximum absolute atomic E-state index is 3.97. The summed E-state index contributed by atoms with van der Waals surface area (Å²) in [5.74, 6) is 0.757. The third kappa shape index (κ3) is 9.83. The number of allylic oxidation sites excluding steroid dienone is 6. The fourth-order valence-corrected chi connectivity index (χ4v) is 1.92. The highest BCUT2D eigenvalue weighted by Crippen LogP contribution is 2.37. The van der Waals surface area contributed by atoms with E-state index < -0.39 is 0 Å². The van der Waals surface area contributed by atoms with E-state index in [0.717, 1.165) is 5.92 Å². The van der Waals surface area contributed by atoms with Crippen molar-refractivity contribution in [3.63, 3.8) is 0 Å². The second-order valence-corrected chi connectivity index (χ2v) is 5.98. The summed E-state index contributed by atoms with van der Waals surface area (Å²) in [4.78, 5) is 0. The van der Waals surface area contributed by atoms with Gasteiger partial charge in [0.05, 0.1) is 0 Å². The molecule has 1 unspecified atom stereocenters. The molecule has 0 spiro atoms. The fourth-order valence-electron chi connectivity index (χ4n) is 1.92. The van der Waals surface area contributed by atoms with Crippen LogP contribution in [0.5, 0.6) is 0 Å². The van der Waals surface area contributed by atoms with Gasteiger partial charge in [-0.1, -0.05) is 90.7 Å². The minimum atomic E-state index is 0. The van der Waals surface area contributed by atoms with Crippen molar-refractivity contribution in [1.82, 2.24) is 0 Å². The van der Waals surface area contributed by atoms with Crippen molar-refractivity contribution in [2.45, 2.75) is 68.7 Å². The predicted molar refractivity (Wildman–Crippen MR) is 98.2 cm³/mol. The molecule has 0 amide bonds. The van der Waals surface area contributed by atoms with Crippen molar-refractivity contribution < 1.29 is 0 Å². The van der Waals surface area contributed by atoms with E-state index in [1.54, 1.807) is 6.08 Å². The van der Waals surface area contributed by atoms with Crippen LogP contribution in [0.3, 0.4) is 0 Å². The molecule has 1 aliphatic carbocycles. The van der Waals surface area contributed by atoms with Crippen LogP contribution in [-0.4, -0.2) is 0 Å². The van der Waals surface area contributed by atoms with Gasteiger partial charge in [-0.2, -0.15) is 0 Å². The van der Waals surface area contributed by atoms with Crippen molar-refractivity contribution in [2.24, 2.45) is 11.3 Å². The Kier molecular flexibility index (Phi) is 14.1. The Morgan fingerprint density at radius 3 is 2.15 bits per heavy atom. The molecular formula is C20H38. The summed E-state index contributed by atoms with van der Waals surface area (Å²) in [6.07, 6.45) is 12.0. The lowest BCUT2D eigenvalue weighted by Gasteiger charge is -2.33. The van der Waals surface area contributed by atoms with Crippen molar-refractivity contribution in [1.29, 1.82) is 0 Å². The summed E-state index contributed by atoms with van der Waals surface area (Å²) >= 11 is 0. The molecule has 0 aromatic rings. The first-order valence-electron chi connectivity index (χ1n) is 6.95. The summed E-state index contributed by atoms with van der Waals surface area (Å²) in [5, 5.41) is 0. The van der Waals surface area contributed by atoms with Crippen molar-refractivity contribution in [3.8, 4) is 0 Å². The van der Waals surface area contributed by atoms with E-state index >= 15 is 0 Å². The molecule has 0 heteroatoms. The summed E-state index contributed by atoms with van der Waals surface area (Å²) in [6.45, 7) is 18.6. The van der Waals surface area contributed by atoms with Gasteiger partial charge in [0.1, 0.15) is 0 Å². The average molecular weight is 279 g/mol. The van der Waals surface area contributed by atoms with E-state index in [4.69, 9.17) is 0 Å². The molecule has 0 bridgehead atoms. The van der Waals surface area contributed by atoms with E-state index in [0.29, 0.717) is 5.41 Å². The van der Waals surface area contributed by atoms with Gasteiger partial charge < -0.3 is 0 Å². The molecular weight excluding hydrogens is 240 g/mol. The summed E-state index contributed by atoms with van der Waals surface area (Å²) < 4.78 is 0. The van der Waals surface area contributed by atoms with Crippen LogP contribution in [0.25, 0.3) is 0 Å². The predicted octanol–water partition coefficient (Wildman–Crippen LogP) is 7.36. The summed E-state index contributed by atoms with van der Waals surface area (Å²) in [7, 11) is 0. The zero-order valence-corrected chi connectivity index (χ0v) is 12.9. The van der Waals surface area contributed by atoms with Crippen LogP contribution < -0.4 is 0 Å². The lowest BCUT2D eigenvalue weighted by atomic mass is 9.72. The Morgan fingerprint density at radius 2 is 1.90 bits per heavy atom. The van der Waals surface area contributed by atoms with E-state index in [2.05, 4.69) is 46.1 Å². The van der Waals surface area contributed by atoms with E-state index in [1.165, 1.54) is 30.4 Å². The molecule has 0 aromatic heterocycles. The van der Waals surface area contributed by atoms with Gasteiger partial charge in [-0.15, -0.1) is 0 Å². The van der Waals surface area contributed by atoms with E-state index in [-0.39, 0.29) is 14.9 Å². The minimum Gasteiger partial charge on any atom is -0.0991 e. The van der Waals surface area contributed by atoms with Crippen LogP contribution in [0.4, 0.5) is 0 Å². The van der Waals surface area contributed by atoms with Crippen LogP contribution in [0.2, 0.25) is 0 Å². The topological polar surface area (TPSA) is 0 Å². The highest BCUT2D eigenvalue weighted by Gasteiger charge is 2.26. The zero-order chi connectivity index (χ0) is 14.2. The third-order valence-electron chi connectivity index (χ3n) is 3.71. The number of rotatable bonds is 3. The molecule has 0 aliphatic heterocycles. The van der Waals surface area contributed by atoms with Crippen LogP contribution >= 0.6 is 0 Å². The summed E-state index contributed by atoms with van der Waals surface area (Å²) in [6, 6.07) is 0. The maximum Gasteiger partial charge on any atom is -0.0176 e.